The van der Waals surface area contributed by atoms with Gasteiger partial charge in [-0.3, -0.25) is 4.79 Å². The third-order valence-corrected chi connectivity index (χ3v) is 4.23. The van der Waals surface area contributed by atoms with Crippen LogP contribution in [0.2, 0.25) is 0 Å². The number of anilines is 2. The molecule has 6 heteroatoms. The fourth-order valence-electron chi connectivity index (χ4n) is 2.23. The minimum atomic E-state index is -0.299. The number of hydrogen-bond donors (Lipinski definition) is 2. The molecule has 126 valence electrons. The molecule has 0 spiro atoms. The molecule has 0 fully saturated rings. The van der Waals surface area contributed by atoms with Gasteiger partial charge in [-0.1, -0.05) is 36.4 Å². The molecule has 0 atom stereocenters. The third kappa shape index (κ3) is 4.64. The van der Waals surface area contributed by atoms with Gasteiger partial charge in [-0.25, -0.2) is 9.97 Å². The molecule has 0 saturated heterocycles. The summed E-state index contributed by atoms with van der Waals surface area (Å²) in [5, 5.41) is 6.00. The maximum atomic E-state index is 12.3. The van der Waals surface area contributed by atoms with Gasteiger partial charge in [0.15, 0.2) is 0 Å². The van der Waals surface area contributed by atoms with E-state index in [1.54, 1.807) is 6.20 Å². The van der Waals surface area contributed by atoms with Gasteiger partial charge in [0.25, 0.3) is 5.91 Å². The van der Waals surface area contributed by atoms with Gasteiger partial charge >= 0.3 is 0 Å². The molecule has 0 radical (unpaired) electrons. The Morgan fingerprint density at radius 1 is 1.08 bits per heavy atom. The van der Waals surface area contributed by atoms with Crippen molar-refractivity contribution in [2.24, 2.45) is 0 Å². The first-order valence-corrected chi connectivity index (χ1v) is 8.58. The van der Waals surface area contributed by atoms with E-state index in [2.05, 4.69) is 36.5 Å². The summed E-state index contributed by atoms with van der Waals surface area (Å²) < 4.78 is 0.829. The number of amides is 1. The number of halogens is 1. The second-order valence-corrected chi connectivity index (χ2v) is 6.42. The van der Waals surface area contributed by atoms with Crippen LogP contribution in [0.3, 0.4) is 0 Å². The van der Waals surface area contributed by atoms with Crippen molar-refractivity contribution in [2.45, 2.75) is 13.5 Å². The van der Waals surface area contributed by atoms with Crippen molar-refractivity contribution >= 4 is 33.3 Å². The number of carbonyl (C=O) groups excluding carboxylic acids is 1. The highest BCUT2D eigenvalue weighted by Crippen LogP contribution is 2.23. The Balaban J connectivity index is 1.62. The summed E-state index contributed by atoms with van der Waals surface area (Å²) in [4.78, 5) is 20.7. The quantitative estimate of drug-likeness (QED) is 0.669. The number of carbonyl (C=O) groups is 1. The highest BCUT2D eigenvalue weighted by atomic mass is 79.9. The molecule has 0 aliphatic rings. The molecule has 0 unspecified atom stereocenters. The number of nitrogens with one attached hydrogen (secondary N) is 2. The minimum absolute atomic E-state index is 0.262. The zero-order valence-electron chi connectivity index (χ0n) is 13.7. The second kappa shape index (κ2) is 7.90. The van der Waals surface area contributed by atoms with E-state index < -0.39 is 0 Å². The first-order valence-electron chi connectivity index (χ1n) is 7.79. The van der Waals surface area contributed by atoms with E-state index in [9.17, 15) is 4.79 Å². The van der Waals surface area contributed by atoms with Gasteiger partial charge in [0, 0.05) is 11.0 Å². The number of nitrogens with zero attached hydrogens (tertiary/aromatic N) is 2. The maximum absolute atomic E-state index is 12.3. The highest BCUT2D eigenvalue weighted by Gasteiger charge is 2.10. The van der Waals surface area contributed by atoms with Crippen LogP contribution in [0.4, 0.5) is 11.5 Å². The molecule has 3 rings (SSSR count). The molecule has 1 amide bonds. The molecule has 2 aromatic carbocycles. The van der Waals surface area contributed by atoms with E-state index in [0.717, 1.165) is 15.6 Å². The molecule has 0 bridgehead atoms. The van der Waals surface area contributed by atoms with Gasteiger partial charge in [0.1, 0.15) is 11.5 Å². The average molecular weight is 397 g/mol. The Labute approximate surface area is 154 Å². The molecule has 0 saturated carbocycles. The molecule has 0 aliphatic heterocycles. The Morgan fingerprint density at radius 3 is 2.56 bits per heavy atom. The lowest BCUT2D eigenvalue weighted by molar-refractivity contribution is 0.102. The third-order valence-electron chi connectivity index (χ3n) is 3.57. The van der Waals surface area contributed by atoms with Crippen LogP contribution in [0.5, 0.6) is 0 Å². The SMILES string of the molecule is Cc1ccc(NC(=O)c2cnc(NCc3ccccc3)cn2)c(Br)c1. The van der Waals surface area contributed by atoms with Crippen molar-refractivity contribution < 1.29 is 4.79 Å². The Bertz CT molecular complexity index is 866. The predicted molar refractivity (Wildman–Crippen MR) is 103 cm³/mol. The van der Waals surface area contributed by atoms with E-state index in [-0.39, 0.29) is 11.6 Å². The second-order valence-electron chi connectivity index (χ2n) is 5.56. The normalized spacial score (nSPS) is 10.3. The van der Waals surface area contributed by atoms with Crippen LogP contribution < -0.4 is 10.6 Å². The number of benzene rings is 2. The van der Waals surface area contributed by atoms with Crippen molar-refractivity contribution in [3.8, 4) is 0 Å². The minimum Gasteiger partial charge on any atom is -0.365 e. The lowest BCUT2D eigenvalue weighted by Gasteiger charge is -2.08. The van der Waals surface area contributed by atoms with E-state index in [1.807, 2.05) is 55.5 Å². The summed E-state index contributed by atoms with van der Waals surface area (Å²) in [6.07, 6.45) is 3.02. The topological polar surface area (TPSA) is 66.9 Å². The van der Waals surface area contributed by atoms with Crippen LogP contribution >= 0.6 is 15.9 Å². The largest absolute Gasteiger partial charge is 0.365 e. The fraction of sp³-hybridized carbons (Fsp3) is 0.105. The van der Waals surface area contributed by atoms with Crippen molar-refractivity contribution in [3.05, 3.63) is 82.2 Å². The zero-order valence-corrected chi connectivity index (χ0v) is 15.2. The average Bonchev–Trinajstić information content (AvgIpc) is 2.63. The van der Waals surface area contributed by atoms with Gasteiger partial charge < -0.3 is 10.6 Å². The molecule has 0 aliphatic carbocycles. The summed E-state index contributed by atoms with van der Waals surface area (Å²) in [5.41, 5.74) is 3.22. The molecule has 1 aromatic heterocycles. The number of aromatic nitrogens is 2. The predicted octanol–water partition coefficient (Wildman–Crippen LogP) is 4.41. The Morgan fingerprint density at radius 2 is 1.88 bits per heavy atom. The van der Waals surface area contributed by atoms with Gasteiger partial charge in [-0.15, -0.1) is 0 Å². The van der Waals surface area contributed by atoms with Crippen LogP contribution in [0.15, 0.2) is 65.4 Å². The van der Waals surface area contributed by atoms with Gasteiger partial charge in [-0.2, -0.15) is 0 Å². The maximum Gasteiger partial charge on any atom is 0.275 e. The van der Waals surface area contributed by atoms with Crippen molar-refractivity contribution in [2.75, 3.05) is 10.6 Å². The van der Waals surface area contributed by atoms with E-state index >= 15 is 0 Å². The fourth-order valence-corrected chi connectivity index (χ4v) is 2.83. The molecular weight excluding hydrogens is 380 g/mol. The van der Waals surface area contributed by atoms with E-state index in [4.69, 9.17) is 0 Å². The van der Waals surface area contributed by atoms with Crippen LogP contribution in [0.25, 0.3) is 0 Å². The van der Waals surface area contributed by atoms with Crippen molar-refractivity contribution in [1.82, 2.24) is 9.97 Å². The standard InChI is InChI=1S/C19H17BrN4O/c1-13-7-8-16(15(20)9-13)24-19(25)17-11-23-18(12-21-17)22-10-14-5-3-2-4-6-14/h2-9,11-12H,10H2,1H3,(H,22,23)(H,24,25). The monoisotopic (exact) mass is 396 g/mol. The number of hydrogen-bond acceptors (Lipinski definition) is 4. The first-order chi connectivity index (χ1) is 12.1. The zero-order chi connectivity index (χ0) is 17.6. The Kier molecular flexibility index (Phi) is 5.40. The summed E-state index contributed by atoms with van der Waals surface area (Å²) in [5.74, 6) is 0.323. The van der Waals surface area contributed by atoms with Crippen LogP contribution in [0, 0.1) is 6.92 Å². The molecular formula is C19H17BrN4O. The van der Waals surface area contributed by atoms with E-state index in [1.165, 1.54) is 6.20 Å². The summed E-state index contributed by atoms with van der Waals surface area (Å²) in [7, 11) is 0. The molecule has 25 heavy (non-hydrogen) atoms. The molecule has 5 nitrogen and oxygen atoms in total. The lowest BCUT2D eigenvalue weighted by atomic mass is 10.2. The van der Waals surface area contributed by atoms with Gasteiger partial charge in [-0.05, 0) is 46.1 Å². The van der Waals surface area contributed by atoms with Gasteiger partial charge in [0.2, 0.25) is 0 Å². The molecule has 1 heterocycles. The van der Waals surface area contributed by atoms with Crippen molar-refractivity contribution in [1.29, 1.82) is 0 Å². The highest BCUT2D eigenvalue weighted by molar-refractivity contribution is 9.10. The summed E-state index contributed by atoms with van der Waals surface area (Å²) in [6.45, 7) is 2.64. The summed E-state index contributed by atoms with van der Waals surface area (Å²) in [6, 6.07) is 15.7. The number of rotatable bonds is 5. The molecule has 3 aromatic rings. The first kappa shape index (κ1) is 17.1. The van der Waals surface area contributed by atoms with Crippen molar-refractivity contribution in [3.63, 3.8) is 0 Å². The van der Waals surface area contributed by atoms with Gasteiger partial charge in [0.05, 0.1) is 18.1 Å². The van der Waals surface area contributed by atoms with Crippen LogP contribution in [-0.2, 0) is 6.54 Å². The van der Waals surface area contributed by atoms with Crippen LogP contribution in [-0.4, -0.2) is 15.9 Å². The number of aryl methyl sites for hydroxylation is 1. The smallest absolute Gasteiger partial charge is 0.275 e. The summed E-state index contributed by atoms with van der Waals surface area (Å²) >= 11 is 3.44. The van der Waals surface area contributed by atoms with E-state index in [0.29, 0.717) is 18.1 Å². The molecule has 2 N–H and O–H groups in total. The van der Waals surface area contributed by atoms with Crippen LogP contribution in [0.1, 0.15) is 21.6 Å². The lowest BCUT2D eigenvalue weighted by Crippen LogP contribution is -2.15. The Hall–Kier alpha value is -2.73.